The average molecular weight is 183 g/mol. The summed E-state index contributed by atoms with van der Waals surface area (Å²) in [6.07, 6.45) is 3.94. The maximum absolute atomic E-state index is 12.9. The summed E-state index contributed by atoms with van der Waals surface area (Å²) in [7, 11) is 0. The maximum Gasteiger partial charge on any atom is 0.248 e. The van der Waals surface area contributed by atoms with Gasteiger partial charge in [-0.25, -0.2) is 8.78 Å². The topological polar surface area (TPSA) is 12.9 Å². The molecule has 0 aromatic carbocycles. The van der Waals surface area contributed by atoms with E-state index >= 15 is 0 Å². The van der Waals surface area contributed by atoms with Crippen molar-refractivity contribution in [1.82, 2.24) is 4.98 Å². The molecule has 1 unspecified atom stereocenters. The third kappa shape index (κ3) is 1.85. The fraction of sp³-hybridized carbons (Fsp3) is 0.500. The van der Waals surface area contributed by atoms with Crippen molar-refractivity contribution in [2.75, 3.05) is 0 Å². The van der Waals surface area contributed by atoms with Crippen molar-refractivity contribution in [3.63, 3.8) is 0 Å². The van der Waals surface area contributed by atoms with Crippen molar-refractivity contribution in [2.24, 2.45) is 0 Å². The maximum atomic E-state index is 12.9. The molecule has 0 radical (unpaired) electrons. The Morgan fingerprint density at radius 3 is 2.85 bits per heavy atom. The molecule has 0 bridgehead atoms. The molecular weight excluding hydrogens is 172 g/mol. The van der Waals surface area contributed by atoms with Crippen LogP contribution in [0.15, 0.2) is 24.5 Å². The van der Waals surface area contributed by atoms with Crippen molar-refractivity contribution in [1.29, 1.82) is 0 Å². The van der Waals surface area contributed by atoms with E-state index in [4.69, 9.17) is 0 Å². The van der Waals surface area contributed by atoms with Crippen LogP contribution in [0.25, 0.3) is 0 Å². The Labute approximate surface area is 75.8 Å². The number of alkyl halides is 2. The summed E-state index contributed by atoms with van der Waals surface area (Å²) in [5, 5.41) is 0. The van der Waals surface area contributed by atoms with Crippen molar-refractivity contribution in [3.05, 3.63) is 30.1 Å². The highest BCUT2D eigenvalue weighted by Crippen LogP contribution is 2.43. The highest BCUT2D eigenvalue weighted by molar-refractivity contribution is 5.16. The van der Waals surface area contributed by atoms with Crippen molar-refractivity contribution in [3.8, 4) is 0 Å². The molecule has 1 atom stereocenters. The van der Waals surface area contributed by atoms with Crippen LogP contribution < -0.4 is 0 Å². The summed E-state index contributed by atoms with van der Waals surface area (Å²) in [6, 6.07) is 3.67. The van der Waals surface area contributed by atoms with Gasteiger partial charge in [-0.1, -0.05) is 6.07 Å². The standard InChI is InChI=1S/C10H11F2N/c11-10(12)4-3-8(6-10)9-2-1-5-13-7-9/h1-2,5,7-8H,3-4,6H2. The summed E-state index contributed by atoms with van der Waals surface area (Å²) in [5.74, 6) is -2.45. The lowest BCUT2D eigenvalue weighted by atomic mass is 10.00. The molecule has 1 nitrogen and oxygen atoms in total. The van der Waals surface area contributed by atoms with Gasteiger partial charge in [0.05, 0.1) is 0 Å². The zero-order chi connectivity index (χ0) is 9.31. The fourth-order valence-electron chi connectivity index (χ4n) is 1.85. The number of pyridine rings is 1. The van der Waals surface area contributed by atoms with Crippen LogP contribution in [-0.2, 0) is 0 Å². The van der Waals surface area contributed by atoms with Crippen LogP contribution in [0.2, 0.25) is 0 Å². The zero-order valence-corrected chi connectivity index (χ0v) is 7.21. The van der Waals surface area contributed by atoms with Gasteiger partial charge in [0.1, 0.15) is 0 Å². The van der Waals surface area contributed by atoms with Gasteiger partial charge in [-0.3, -0.25) is 4.98 Å². The molecule has 70 valence electrons. The van der Waals surface area contributed by atoms with Gasteiger partial charge in [-0.15, -0.1) is 0 Å². The normalized spacial score (nSPS) is 26.2. The summed E-state index contributed by atoms with van der Waals surface area (Å²) in [6.45, 7) is 0. The first-order valence-corrected chi connectivity index (χ1v) is 4.45. The average Bonchev–Trinajstić information content (AvgIpc) is 2.48. The third-order valence-corrected chi connectivity index (χ3v) is 2.56. The monoisotopic (exact) mass is 183 g/mol. The molecule has 0 saturated heterocycles. The lowest BCUT2D eigenvalue weighted by molar-refractivity contribution is 0.00776. The smallest absolute Gasteiger partial charge is 0.248 e. The Bertz CT molecular complexity index is 284. The first-order chi connectivity index (χ1) is 6.17. The van der Waals surface area contributed by atoms with Crippen molar-refractivity contribution in [2.45, 2.75) is 31.1 Å². The third-order valence-electron chi connectivity index (χ3n) is 2.56. The molecule has 0 N–H and O–H groups in total. The lowest BCUT2D eigenvalue weighted by Gasteiger charge is -2.09. The summed E-state index contributed by atoms with van der Waals surface area (Å²) in [4.78, 5) is 3.93. The lowest BCUT2D eigenvalue weighted by Crippen LogP contribution is -2.09. The number of rotatable bonds is 1. The molecule has 1 aliphatic rings. The Hall–Kier alpha value is -0.990. The van der Waals surface area contributed by atoms with Gasteiger partial charge in [-0.2, -0.15) is 0 Å². The number of aromatic nitrogens is 1. The molecule has 1 aliphatic carbocycles. The van der Waals surface area contributed by atoms with Gasteiger partial charge >= 0.3 is 0 Å². The van der Waals surface area contributed by atoms with Gasteiger partial charge in [0.2, 0.25) is 5.92 Å². The minimum atomic E-state index is -2.46. The van der Waals surface area contributed by atoms with Crippen LogP contribution in [-0.4, -0.2) is 10.9 Å². The summed E-state index contributed by atoms with van der Waals surface area (Å²) < 4.78 is 25.7. The Balaban J connectivity index is 2.13. The van der Waals surface area contributed by atoms with Crippen LogP contribution in [0.5, 0.6) is 0 Å². The highest BCUT2D eigenvalue weighted by atomic mass is 19.3. The SMILES string of the molecule is FC1(F)CCC(c2cccnc2)C1. The van der Waals surface area contributed by atoms with E-state index in [0.717, 1.165) is 5.56 Å². The minimum absolute atomic E-state index is 0.00343. The van der Waals surface area contributed by atoms with Gasteiger partial charge in [0, 0.05) is 25.2 Å². The number of nitrogens with zero attached hydrogens (tertiary/aromatic N) is 1. The molecule has 13 heavy (non-hydrogen) atoms. The molecule has 3 heteroatoms. The molecule has 0 amide bonds. The molecular formula is C10H11F2N. The predicted octanol–water partition coefficient (Wildman–Crippen LogP) is 2.98. The Kier molecular flexibility index (Phi) is 2.02. The molecule has 1 aromatic rings. The fourth-order valence-corrected chi connectivity index (χ4v) is 1.85. The quantitative estimate of drug-likeness (QED) is 0.652. The summed E-state index contributed by atoms with van der Waals surface area (Å²) >= 11 is 0. The Morgan fingerprint density at radius 2 is 2.31 bits per heavy atom. The predicted molar refractivity (Wildman–Crippen MR) is 45.8 cm³/mol. The first kappa shape index (κ1) is 8.60. The molecule has 1 fully saturated rings. The Morgan fingerprint density at radius 1 is 1.46 bits per heavy atom. The van der Waals surface area contributed by atoms with Crippen LogP contribution in [0.4, 0.5) is 8.78 Å². The van der Waals surface area contributed by atoms with Crippen LogP contribution >= 0.6 is 0 Å². The largest absolute Gasteiger partial charge is 0.264 e. The minimum Gasteiger partial charge on any atom is -0.264 e. The molecule has 1 heterocycles. The second kappa shape index (κ2) is 3.05. The molecule has 2 rings (SSSR count). The van der Waals surface area contributed by atoms with E-state index < -0.39 is 5.92 Å². The number of hydrogen-bond acceptors (Lipinski definition) is 1. The first-order valence-electron chi connectivity index (χ1n) is 4.45. The van der Waals surface area contributed by atoms with Gasteiger partial charge in [-0.05, 0) is 24.0 Å². The van der Waals surface area contributed by atoms with Crippen molar-refractivity contribution >= 4 is 0 Å². The second-order valence-corrected chi connectivity index (χ2v) is 3.58. The van der Waals surface area contributed by atoms with E-state index in [9.17, 15) is 8.78 Å². The van der Waals surface area contributed by atoms with E-state index in [1.807, 2.05) is 6.07 Å². The van der Waals surface area contributed by atoms with Gasteiger partial charge in [0.15, 0.2) is 0 Å². The van der Waals surface area contributed by atoms with Gasteiger partial charge < -0.3 is 0 Å². The molecule has 0 spiro atoms. The van der Waals surface area contributed by atoms with E-state index in [1.54, 1.807) is 18.5 Å². The second-order valence-electron chi connectivity index (χ2n) is 3.58. The van der Waals surface area contributed by atoms with E-state index in [2.05, 4.69) is 4.98 Å². The molecule has 1 aromatic heterocycles. The summed E-state index contributed by atoms with van der Waals surface area (Å²) in [5.41, 5.74) is 0.944. The highest BCUT2D eigenvalue weighted by Gasteiger charge is 2.39. The molecule has 1 saturated carbocycles. The van der Waals surface area contributed by atoms with Crippen LogP contribution in [0.3, 0.4) is 0 Å². The van der Waals surface area contributed by atoms with Gasteiger partial charge in [0.25, 0.3) is 0 Å². The van der Waals surface area contributed by atoms with Crippen LogP contribution in [0.1, 0.15) is 30.7 Å². The van der Waals surface area contributed by atoms with Crippen LogP contribution in [0, 0.1) is 0 Å². The number of hydrogen-bond donors (Lipinski definition) is 0. The van der Waals surface area contributed by atoms with E-state index in [-0.39, 0.29) is 18.8 Å². The number of halogens is 2. The van der Waals surface area contributed by atoms with Crippen molar-refractivity contribution < 1.29 is 8.78 Å². The van der Waals surface area contributed by atoms with E-state index in [1.165, 1.54) is 0 Å². The zero-order valence-electron chi connectivity index (χ0n) is 7.21. The molecule has 0 aliphatic heterocycles. The van der Waals surface area contributed by atoms with E-state index in [0.29, 0.717) is 6.42 Å².